The second-order valence-electron chi connectivity index (χ2n) is 8.72. The lowest BCUT2D eigenvalue weighted by Crippen LogP contribution is -2.19. The number of rotatable bonds is 5. The third kappa shape index (κ3) is 3.78. The van der Waals surface area contributed by atoms with E-state index < -0.39 is 30.1 Å². The van der Waals surface area contributed by atoms with Gasteiger partial charge in [-0.3, -0.25) is 0 Å². The number of aliphatic hydroxyl groups is 2. The molecular weight excluding hydrogens is 449 g/mol. The molecule has 176 valence electrons. The van der Waals surface area contributed by atoms with Crippen molar-refractivity contribution in [3.8, 4) is 16.9 Å². The molecule has 0 saturated heterocycles. The molecule has 1 aliphatic carbocycles. The van der Waals surface area contributed by atoms with Gasteiger partial charge in [0.25, 0.3) is 0 Å². The quantitative estimate of drug-likeness (QED) is 0.451. The minimum absolute atomic E-state index is 0.00967. The van der Waals surface area contributed by atoms with Gasteiger partial charge >= 0.3 is 6.61 Å². The summed E-state index contributed by atoms with van der Waals surface area (Å²) in [5.41, 5.74) is 1.01. The maximum atomic E-state index is 15.0. The molecule has 5 rings (SSSR count). The number of aromatic nitrogens is 4. The zero-order valence-corrected chi connectivity index (χ0v) is 18.3. The van der Waals surface area contributed by atoms with Crippen molar-refractivity contribution in [2.75, 3.05) is 0 Å². The summed E-state index contributed by atoms with van der Waals surface area (Å²) < 4.78 is 47.3. The second kappa shape index (κ2) is 8.07. The average Bonchev–Trinajstić information content (AvgIpc) is 3.29. The van der Waals surface area contributed by atoms with Gasteiger partial charge in [0.05, 0.1) is 17.5 Å². The molecule has 0 aliphatic heterocycles. The van der Waals surface area contributed by atoms with Crippen molar-refractivity contribution in [1.29, 1.82) is 0 Å². The highest BCUT2D eigenvalue weighted by molar-refractivity contribution is 5.65. The molecule has 0 saturated carbocycles. The van der Waals surface area contributed by atoms with E-state index in [0.717, 1.165) is 0 Å². The molecule has 3 heterocycles. The number of imidazole rings is 1. The van der Waals surface area contributed by atoms with Crippen LogP contribution in [-0.4, -0.2) is 36.2 Å². The number of fused-ring (bicyclic) bond motifs is 3. The van der Waals surface area contributed by atoms with Crippen LogP contribution in [0, 0.1) is 5.82 Å². The van der Waals surface area contributed by atoms with Crippen LogP contribution in [0.1, 0.15) is 55.1 Å². The van der Waals surface area contributed by atoms with Crippen molar-refractivity contribution < 1.29 is 28.1 Å². The smallest absolute Gasteiger partial charge is 0.387 e. The first-order chi connectivity index (χ1) is 16.1. The lowest BCUT2D eigenvalue weighted by Gasteiger charge is -2.18. The third-order valence-electron chi connectivity index (χ3n) is 5.90. The fourth-order valence-electron chi connectivity index (χ4n) is 4.38. The largest absolute Gasteiger partial charge is 0.435 e. The molecule has 7 nitrogen and oxygen atoms in total. The van der Waals surface area contributed by atoms with Crippen LogP contribution in [0.4, 0.5) is 13.2 Å². The highest BCUT2D eigenvalue weighted by Gasteiger charge is 2.37. The number of alkyl halides is 2. The van der Waals surface area contributed by atoms with Crippen LogP contribution >= 0.6 is 0 Å². The Hall–Kier alpha value is -3.50. The fourth-order valence-corrected chi connectivity index (χ4v) is 4.38. The summed E-state index contributed by atoms with van der Waals surface area (Å²) in [6.07, 6.45) is 3.64. The lowest BCUT2D eigenvalue weighted by molar-refractivity contribution is -0.0506. The van der Waals surface area contributed by atoms with Crippen LogP contribution in [0.25, 0.3) is 16.8 Å². The second-order valence-corrected chi connectivity index (χ2v) is 8.72. The van der Waals surface area contributed by atoms with E-state index in [0.29, 0.717) is 22.5 Å². The molecule has 3 aromatic heterocycles. The van der Waals surface area contributed by atoms with Gasteiger partial charge in [-0.2, -0.15) is 8.78 Å². The standard InChI is InChI=1S/C24H21F3N4O3/c1-24(2,33)22-28-9-12(10-29-22)15-11-31-19(8-16(15)25)30-20-17(32)7-14(21(20)31)13-5-3-4-6-18(13)34-23(26)27/h3-6,8-11,14,17,23,32-33H,7H2,1-2H3. The molecule has 1 aliphatic rings. The van der Waals surface area contributed by atoms with Gasteiger partial charge in [0.2, 0.25) is 0 Å². The number of aliphatic hydroxyl groups excluding tert-OH is 1. The Labute approximate surface area is 192 Å². The monoisotopic (exact) mass is 470 g/mol. The number of pyridine rings is 1. The third-order valence-corrected chi connectivity index (χ3v) is 5.90. The van der Waals surface area contributed by atoms with Gasteiger partial charge in [-0.05, 0) is 26.3 Å². The van der Waals surface area contributed by atoms with Crippen molar-refractivity contribution in [2.24, 2.45) is 0 Å². The Morgan fingerprint density at radius 2 is 1.88 bits per heavy atom. The first kappa shape index (κ1) is 22.3. The van der Waals surface area contributed by atoms with Crippen LogP contribution in [0.15, 0.2) is 48.9 Å². The van der Waals surface area contributed by atoms with Crippen LogP contribution in [-0.2, 0) is 5.60 Å². The van der Waals surface area contributed by atoms with Crippen LogP contribution in [0.3, 0.4) is 0 Å². The molecular formula is C24H21F3N4O3. The molecule has 2 N–H and O–H groups in total. The molecule has 0 spiro atoms. The first-order valence-electron chi connectivity index (χ1n) is 10.6. The molecule has 4 aromatic rings. The summed E-state index contributed by atoms with van der Waals surface area (Å²) in [5.74, 6) is -0.860. The molecule has 0 fully saturated rings. The van der Waals surface area contributed by atoms with E-state index in [2.05, 4.69) is 15.0 Å². The molecule has 0 amide bonds. The maximum absolute atomic E-state index is 15.0. The van der Waals surface area contributed by atoms with E-state index in [4.69, 9.17) is 4.74 Å². The Bertz CT molecular complexity index is 1370. The van der Waals surface area contributed by atoms with Crippen molar-refractivity contribution in [3.05, 3.63) is 77.5 Å². The number of para-hydroxylation sites is 1. The van der Waals surface area contributed by atoms with Crippen molar-refractivity contribution in [3.63, 3.8) is 0 Å². The number of hydrogen-bond acceptors (Lipinski definition) is 6. The van der Waals surface area contributed by atoms with Crippen molar-refractivity contribution >= 4 is 5.65 Å². The molecule has 2 atom stereocenters. The molecule has 0 bridgehead atoms. The fraction of sp³-hybridized carbons (Fsp3) is 0.292. The highest BCUT2D eigenvalue weighted by atomic mass is 19.3. The van der Waals surface area contributed by atoms with E-state index in [1.165, 1.54) is 30.7 Å². The van der Waals surface area contributed by atoms with Crippen LogP contribution in [0.5, 0.6) is 5.75 Å². The molecule has 2 unspecified atom stereocenters. The SMILES string of the molecule is CC(C)(O)c1ncc(-c2cn3c4c(nc3cc2F)C(O)CC4c2ccccc2OC(F)F)cn1. The Morgan fingerprint density at radius 3 is 2.56 bits per heavy atom. The summed E-state index contributed by atoms with van der Waals surface area (Å²) in [6.45, 7) is 0.0938. The van der Waals surface area contributed by atoms with Gasteiger partial charge in [-0.15, -0.1) is 0 Å². The topological polar surface area (TPSA) is 92.8 Å². The van der Waals surface area contributed by atoms with E-state index in [9.17, 15) is 19.0 Å². The predicted octanol–water partition coefficient (Wildman–Crippen LogP) is 4.33. The van der Waals surface area contributed by atoms with Crippen LogP contribution < -0.4 is 4.74 Å². The summed E-state index contributed by atoms with van der Waals surface area (Å²) in [4.78, 5) is 12.7. The predicted molar refractivity (Wildman–Crippen MR) is 116 cm³/mol. The van der Waals surface area contributed by atoms with E-state index in [1.54, 1.807) is 36.4 Å². The number of hydrogen-bond donors (Lipinski definition) is 2. The van der Waals surface area contributed by atoms with Gasteiger partial charge in [-0.25, -0.2) is 19.3 Å². The zero-order valence-electron chi connectivity index (χ0n) is 18.3. The molecule has 10 heteroatoms. The normalized spacial score (nSPS) is 18.0. The number of ether oxygens (including phenoxy) is 1. The van der Waals surface area contributed by atoms with Gasteiger partial charge < -0.3 is 19.4 Å². The average molecular weight is 470 g/mol. The summed E-state index contributed by atoms with van der Waals surface area (Å²) in [5, 5.41) is 20.7. The summed E-state index contributed by atoms with van der Waals surface area (Å²) in [6, 6.07) is 7.64. The summed E-state index contributed by atoms with van der Waals surface area (Å²) >= 11 is 0. The Balaban J connectivity index is 1.64. The lowest BCUT2D eigenvalue weighted by atomic mass is 9.95. The molecule has 0 radical (unpaired) electrons. The van der Waals surface area contributed by atoms with E-state index in [1.807, 2.05) is 0 Å². The van der Waals surface area contributed by atoms with Crippen LogP contribution in [0.2, 0.25) is 0 Å². The van der Waals surface area contributed by atoms with Gasteiger partial charge in [-0.1, -0.05) is 18.2 Å². The van der Waals surface area contributed by atoms with Gasteiger partial charge in [0.1, 0.15) is 22.8 Å². The minimum Gasteiger partial charge on any atom is -0.435 e. The summed E-state index contributed by atoms with van der Waals surface area (Å²) in [7, 11) is 0. The number of nitrogens with zero attached hydrogens (tertiary/aromatic N) is 4. The maximum Gasteiger partial charge on any atom is 0.387 e. The first-order valence-corrected chi connectivity index (χ1v) is 10.6. The molecule has 34 heavy (non-hydrogen) atoms. The highest BCUT2D eigenvalue weighted by Crippen LogP contribution is 2.47. The number of halogens is 3. The van der Waals surface area contributed by atoms with Crippen molar-refractivity contribution in [2.45, 2.75) is 44.5 Å². The van der Waals surface area contributed by atoms with Gasteiger partial charge in [0.15, 0.2) is 5.82 Å². The Morgan fingerprint density at radius 1 is 1.18 bits per heavy atom. The molecule has 1 aromatic carbocycles. The van der Waals surface area contributed by atoms with E-state index >= 15 is 4.39 Å². The zero-order chi connectivity index (χ0) is 24.2. The van der Waals surface area contributed by atoms with E-state index in [-0.39, 0.29) is 29.2 Å². The van der Waals surface area contributed by atoms with Gasteiger partial charge in [0, 0.05) is 47.3 Å². The Kier molecular flexibility index (Phi) is 5.29. The minimum atomic E-state index is -3.00. The van der Waals surface area contributed by atoms with Crippen molar-refractivity contribution in [1.82, 2.24) is 19.4 Å². The number of benzene rings is 1.